The summed E-state index contributed by atoms with van der Waals surface area (Å²) >= 11 is 0. The molecule has 2 rings (SSSR count). The summed E-state index contributed by atoms with van der Waals surface area (Å²) in [5.74, 6) is 2.14. The summed E-state index contributed by atoms with van der Waals surface area (Å²) < 4.78 is 5.61. The van der Waals surface area contributed by atoms with E-state index in [1.807, 2.05) is 31.2 Å². The van der Waals surface area contributed by atoms with E-state index in [0.29, 0.717) is 24.8 Å². The Balaban J connectivity index is 1.99. The number of rotatable bonds is 4. The van der Waals surface area contributed by atoms with Crippen LogP contribution < -0.4 is 10.5 Å². The number of aryl methyl sites for hydroxylation is 1. The number of H-pyrrole nitrogens is 1. The summed E-state index contributed by atoms with van der Waals surface area (Å²) in [6, 6.07) is 7.84. The molecule has 0 radical (unpaired) electrons. The van der Waals surface area contributed by atoms with Crippen LogP contribution in [-0.2, 0) is 13.2 Å². The van der Waals surface area contributed by atoms with Crippen molar-refractivity contribution in [2.45, 2.75) is 20.1 Å². The lowest BCUT2D eigenvalue weighted by atomic mass is 10.2. The quantitative estimate of drug-likeness (QED) is 0.807. The summed E-state index contributed by atoms with van der Waals surface area (Å²) in [5.41, 5.74) is 6.51. The van der Waals surface area contributed by atoms with Crippen LogP contribution in [0.2, 0.25) is 0 Å². The Morgan fingerprint density at radius 2 is 2.19 bits per heavy atom. The number of nitrogens with zero attached hydrogens (tertiary/aromatic N) is 2. The van der Waals surface area contributed by atoms with Crippen LogP contribution in [0.1, 0.15) is 17.2 Å². The molecule has 84 valence electrons. The molecule has 1 aromatic carbocycles. The van der Waals surface area contributed by atoms with Gasteiger partial charge in [0, 0.05) is 0 Å². The third-order valence-corrected chi connectivity index (χ3v) is 2.22. The first-order valence-electron chi connectivity index (χ1n) is 5.08. The fraction of sp³-hybridized carbons (Fsp3) is 0.273. The molecule has 2 aromatic rings. The zero-order chi connectivity index (χ0) is 11.4. The van der Waals surface area contributed by atoms with Gasteiger partial charge in [-0.3, -0.25) is 5.10 Å². The number of nitrogens with one attached hydrogen (secondary N) is 1. The van der Waals surface area contributed by atoms with Gasteiger partial charge in [-0.2, -0.15) is 5.10 Å². The van der Waals surface area contributed by atoms with Gasteiger partial charge in [0.25, 0.3) is 0 Å². The van der Waals surface area contributed by atoms with Crippen molar-refractivity contribution < 1.29 is 4.74 Å². The monoisotopic (exact) mass is 218 g/mol. The van der Waals surface area contributed by atoms with Gasteiger partial charge in [-0.1, -0.05) is 18.2 Å². The van der Waals surface area contributed by atoms with Gasteiger partial charge in [-0.15, -0.1) is 0 Å². The molecule has 0 amide bonds. The molecule has 1 aromatic heterocycles. The Hall–Kier alpha value is -1.88. The number of hydrogen-bond acceptors (Lipinski definition) is 4. The second kappa shape index (κ2) is 4.76. The van der Waals surface area contributed by atoms with E-state index in [1.165, 1.54) is 0 Å². The SMILES string of the molecule is Cc1ccccc1OCc1nc(CN)n[nH]1. The molecule has 3 N–H and O–H groups in total. The molecule has 1 heterocycles. The van der Waals surface area contributed by atoms with E-state index in [1.54, 1.807) is 0 Å². The molecular formula is C11H14N4O. The Labute approximate surface area is 93.7 Å². The van der Waals surface area contributed by atoms with Gasteiger partial charge >= 0.3 is 0 Å². The van der Waals surface area contributed by atoms with Crippen molar-refractivity contribution in [3.63, 3.8) is 0 Å². The van der Waals surface area contributed by atoms with Crippen LogP contribution in [0, 0.1) is 6.92 Å². The number of nitrogens with two attached hydrogens (primary N) is 1. The van der Waals surface area contributed by atoms with Crippen molar-refractivity contribution in [3.8, 4) is 5.75 Å². The average Bonchev–Trinajstić information content (AvgIpc) is 2.76. The Kier molecular flexibility index (Phi) is 3.16. The first-order chi connectivity index (χ1) is 7.79. The molecular weight excluding hydrogens is 204 g/mol. The van der Waals surface area contributed by atoms with E-state index in [9.17, 15) is 0 Å². The zero-order valence-electron chi connectivity index (χ0n) is 9.10. The molecule has 0 fully saturated rings. The number of aromatic nitrogens is 3. The topological polar surface area (TPSA) is 76.8 Å². The van der Waals surface area contributed by atoms with Crippen molar-refractivity contribution in [1.82, 2.24) is 15.2 Å². The van der Waals surface area contributed by atoms with Crippen LogP contribution >= 0.6 is 0 Å². The molecule has 0 saturated heterocycles. The molecule has 0 aliphatic heterocycles. The molecule has 5 heteroatoms. The summed E-state index contributed by atoms with van der Waals surface area (Å²) in [7, 11) is 0. The summed E-state index contributed by atoms with van der Waals surface area (Å²) in [5, 5.41) is 6.71. The maximum Gasteiger partial charge on any atom is 0.164 e. The third kappa shape index (κ3) is 2.38. The van der Waals surface area contributed by atoms with Gasteiger partial charge in [-0.25, -0.2) is 4.98 Å². The largest absolute Gasteiger partial charge is 0.485 e. The highest BCUT2D eigenvalue weighted by Gasteiger charge is 2.03. The minimum absolute atomic E-state index is 0.334. The molecule has 0 saturated carbocycles. The van der Waals surface area contributed by atoms with Crippen LogP contribution in [0.4, 0.5) is 0 Å². The molecule has 0 aliphatic carbocycles. The molecule has 16 heavy (non-hydrogen) atoms. The second-order valence-electron chi connectivity index (χ2n) is 3.46. The highest BCUT2D eigenvalue weighted by Crippen LogP contribution is 2.16. The average molecular weight is 218 g/mol. The van der Waals surface area contributed by atoms with Crippen molar-refractivity contribution in [3.05, 3.63) is 41.5 Å². The van der Waals surface area contributed by atoms with Crippen molar-refractivity contribution in [1.29, 1.82) is 0 Å². The molecule has 5 nitrogen and oxygen atoms in total. The van der Waals surface area contributed by atoms with Crippen LogP contribution in [0.5, 0.6) is 5.75 Å². The molecule has 0 unspecified atom stereocenters. The van der Waals surface area contributed by atoms with Crippen molar-refractivity contribution >= 4 is 0 Å². The first-order valence-corrected chi connectivity index (χ1v) is 5.08. The zero-order valence-corrected chi connectivity index (χ0v) is 9.10. The number of para-hydroxylation sites is 1. The Morgan fingerprint density at radius 1 is 1.38 bits per heavy atom. The lowest BCUT2D eigenvalue weighted by molar-refractivity contribution is 0.294. The normalized spacial score (nSPS) is 10.4. The molecule has 0 bridgehead atoms. The predicted octanol–water partition coefficient (Wildman–Crippen LogP) is 1.15. The van der Waals surface area contributed by atoms with Crippen LogP contribution in [-0.4, -0.2) is 15.2 Å². The first kappa shape index (κ1) is 10.6. The standard InChI is InChI=1S/C11H14N4O/c1-8-4-2-3-5-9(8)16-7-11-13-10(6-12)14-15-11/h2-5H,6-7,12H2,1H3,(H,13,14,15). The summed E-state index contributed by atoms with van der Waals surface area (Å²) in [6.45, 7) is 2.71. The number of hydrogen-bond donors (Lipinski definition) is 2. The fourth-order valence-corrected chi connectivity index (χ4v) is 1.36. The minimum Gasteiger partial charge on any atom is -0.485 e. The van der Waals surface area contributed by atoms with Gasteiger partial charge in [0.05, 0.1) is 6.54 Å². The van der Waals surface area contributed by atoms with Gasteiger partial charge in [-0.05, 0) is 18.6 Å². The van der Waals surface area contributed by atoms with Gasteiger partial charge < -0.3 is 10.5 Å². The summed E-state index contributed by atoms with van der Waals surface area (Å²) in [4.78, 5) is 4.16. The van der Waals surface area contributed by atoms with Gasteiger partial charge in [0.15, 0.2) is 11.6 Å². The Bertz CT molecular complexity index is 467. The third-order valence-electron chi connectivity index (χ3n) is 2.22. The number of benzene rings is 1. The van der Waals surface area contributed by atoms with Crippen molar-refractivity contribution in [2.24, 2.45) is 5.73 Å². The Morgan fingerprint density at radius 3 is 2.88 bits per heavy atom. The molecule has 0 spiro atoms. The van der Waals surface area contributed by atoms with E-state index >= 15 is 0 Å². The van der Waals surface area contributed by atoms with E-state index in [0.717, 1.165) is 11.3 Å². The van der Waals surface area contributed by atoms with E-state index in [4.69, 9.17) is 10.5 Å². The second-order valence-corrected chi connectivity index (χ2v) is 3.46. The van der Waals surface area contributed by atoms with E-state index in [2.05, 4.69) is 15.2 Å². The van der Waals surface area contributed by atoms with Gasteiger partial charge in [0.2, 0.25) is 0 Å². The van der Waals surface area contributed by atoms with E-state index in [-0.39, 0.29) is 0 Å². The van der Waals surface area contributed by atoms with Crippen LogP contribution in [0.3, 0.4) is 0 Å². The predicted molar refractivity (Wildman–Crippen MR) is 59.8 cm³/mol. The number of aromatic amines is 1. The molecule has 0 atom stereocenters. The number of ether oxygens (including phenoxy) is 1. The minimum atomic E-state index is 0.334. The highest BCUT2D eigenvalue weighted by atomic mass is 16.5. The van der Waals surface area contributed by atoms with Crippen LogP contribution in [0.15, 0.2) is 24.3 Å². The lowest BCUT2D eigenvalue weighted by Crippen LogP contribution is -2.00. The molecule has 0 aliphatic rings. The lowest BCUT2D eigenvalue weighted by Gasteiger charge is -2.06. The smallest absolute Gasteiger partial charge is 0.164 e. The van der Waals surface area contributed by atoms with Crippen molar-refractivity contribution in [2.75, 3.05) is 0 Å². The highest BCUT2D eigenvalue weighted by molar-refractivity contribution is 5.31. The summed E-state index contributed by atoms with van der Waals surface area (Å²) in [6.07, 6.45) is 0. The van der Waals surface area contributed by atoms with Gasteiger partial charge in [0.1, 0.15) is 12.4 Å². The fourth-order valence-electron chi connectivity index (χ4n) is 1.36. The maximum atomic E-state index is 5.61. The van der Waals surface area contributed by atoms with E-state index < -0.39 is 0 Å². The maximum absolute atomic E-state index is 5.61. The van der Waals surface area contributed by atoms with Crippen LogP contribution in [0.25, 0.3) is 0 Å².